The molecule has 0 saturated carbocycles. The lowest BCUT2D eigenvalue weighted by Gasteiger charge is -2.38. The summed E-state index contributed by atoms with van der Waals surface area (Å²) in [7, 11) is 0. The minimum atomic E-state index is -0.129. The number of benzene rings is 2. The Morgan fingerprint density at radius 3 is 2.48 bits per heavy atom. The van der Waals surface area contributed by atoms with Crippen LogP contribution in [0.3, 0.4) is 0 Å². The molecule has 1 N–H and O–H groups in total. The fraction of sp³-hybridized carbons (Fsp3) is 0.200. The maximum absolute atomic E-state index is 5.83. The predicted molar refractivity (Wildman–Crippen MR) is 105 cm³/mol. The number of allylic oxidation sites excluding steroid dienone is 1. The maximum Gasteiger partial charge on any atom is 0.227 e. The summed E-state index contributed by atoms with van der Waals surface area (Å²) in [6, 6.07) is 15.9. The zero-order chi connectivity index (χ0) is 17.6. The van der Waals surface area contributed by atoms with Gasteiger partial charge in [0.1, 0.15) is 5.52 Å². The number of fused-ring (bicyclic) bond motifs is 1. The summed E-state index contributed by atoms with van der Waals surface area (Å²) in [4.78, 5) is 6.58. The Morgan fingerprint density at radius 1 is 1.08 bits per heavy atom. The lowest BCUT2D eigenvalue weighted by molar-refractivity contribution is 0.560. The SMILES string of the molecule is CC1=CC(C)(C)NC(=S)N1c1ccc(-c2nc3ccccc3o2)cc1. The Balaban J connectivity index is 1.67. The molecule has 1 aliphatic rings. The van der Waals surface area contributed by atoms with E-state index in [-0.39, 0.29) is 5.54 Å². The average Bonchev–Trinajstić information content (AvgIpc) is 2.97. The third-order valence-electron chi connectivity index (χ3n) is 4.22. The van der Waals surface area contributed by atoms with Crippen LogP contribution < -0.4 is 10.2 Å². The van der Waals surface area contributed by atoms with Crippen molar-refractivity contribution in [3.63, 3.8) is 0 Å². The van der Waals surface area contributed by atoms with Gasteiger partial charge in [0.2, 0.25) is 5.89 Å². The zero-order valence-electron chi connectivity index (χ0n) is 14.4. The van der Waals surface area contributed by atoms with Gasteiger partial charge < -0.3 is 9.73 Å². The van der Waals surface area contributed by atoms with Crippen LogP contribution in [0.5, 0.6) is 0 Å². The predicted octanol–water partition coefficient (Wildman–Crippen LogP) is 4.87. The topological polar surface area (TPSA) is 41.3 Å². The maximum atomic E-state index is 5.83. The van der Waals surface area contributed by atoms with E-state index in [1.165, 1.54) is 0 Å². The number of nitrogens with zero attached hydrogens (tertiary/aromatic N) is 2. The second-order valence-corrected chi connectivity index (χ2v) is 7.19. The Bertz CT molecular complexity index is 953. The highest BCUT2D eigenvalue weighted by molar-refractivity contribution is 7.80. The molecule has 25 heavy (non-hydrogen) atoms. The van der Waals surface area contributed by atoms with E-state index < -0.39 is 0 Å². The quantitative estimate of drug-likeness (QED) is 0.668. The van der Waals surface area contributed by atoms with Crippen molar-refractivity contribution in [1.29, 1.82) is 0 Å². The van der Waals surface area contributed by atoms with Gasteiger partial charge in [-0.1, -0.05) is 12.1 Å². The van der Waals surface area contributed by atoms with E-state index in [0.717, 1.165) is 28.0 Å². The summed E-state index contributed by atoms with van der Waals surface area (Å²) in [5.74, 6) is 0.625. The molecule has 0 amide bonds. The molecule has 2 aromatic carbocycles. The second kappa shape index (κ2) is 5.70. The fourth-order valence-electron chi connectivity index (χ4n) is 3.18. The van der Waals surface area contributed by atoms with E-state index >= 15 is 0 Å². The van der Waals surface area contributed by atoms with Crippen LogP contribution in [0.25, 0.3) is 22.6 Å². The third-order valence-corrected chi connectivity index (χ3v) is 4.51. The molecule has 4 nitrogen and oxygen atoms in total. The lowest BCUT2D eigenvalue weighted by Crippen LogP contribution is -2.53. The number of oxazole rings is 1. The van der Waals surface area contributed by atoms with Crippen molar-refractivity contribution in [3.8, 4) is 11.5 Å². The van der Waals surface area contributed by atoms with Crippen molar-refractivity contribution in [2.45, 2.75) is 26.3 Å². The molecule has 1 aliphatic heterocycles. The molecule has 0 saturated heterocycles. The molecule has 0 bridgehead atoms. The van der Waals surface area contributed by atoms with E-state index in [0.29, 0.717) is 11.0 Å². The van der Waals surface area contributed by atoms with Crippen LogP contribution in [-0.4, -0.2) is 15.6 Å². The lowest BCUT2D eigenvalue weighted by atomic mass is 10.0. The normalized spacial score (nSPS) is 16.7. The van der Waals surface area contributed by atoms with Gasteiger partial charge in [-0.15, -0.1) is 0 Å². The monoisotopic (exact) mass is 349 g/mol. The highest BCUT2D eigenvalue weighted by Gasteiger charge is 2.27. The average molecular weight is 349 g/mol. The highest BCUT2D eigenvalue weighted by atomic mass is 32.1. The fourth-order valence-corrected chi connectivity index (χ4v) is 3.70. The summed E-state index contributed by atoms with van der Waals surface area (Å²) in [6.07, 6.45) is 2.18. The Kier molecular flexibility index (Phi) is 3.62. The van der Waals surface area contributed by atoms with Crippen LogP contribution in [0.1, 0.15) is 20.8 Å². The van der Waals surface area contributed by atoms with Gasteiger partial charge in [0.15, 0.2) is 10.7 Å². The van der Waals surface area contributed by atoms with Crippen LogP contribution in [0.15, 0.2) is 64.7 Å². The summed E-state index contributed by atoms with van der Waals surface area (Å²) in [6.45, 7) is 6.29. The van der Waals surface area contributed by atoms with Crippen molar-refractivity contribution >= 4 is 34.1 Å². The van der Waals surface area contributed by atoms with Crippen LogP contribution in [0, 0.1) is 0 Å². The van der Waals surface area contributed by atoms with E-state index in [4.69, 9.17) is 16.6 Å². The molecule has 0 spiro atoms. The number of thiocarbonyl (C=S) groups is 1. The largest absolute Gasteiger partial charge is 0.436 e. The Morgan fingerprint density at radius 2 is 1.80 bits per heavy atom. The minimum absolute atomic E-state index is 0.129. The van der Waals surface area contributed by atoms with Gasteiger partial charge >= 0.3 is 0 Å². The highest BCUT2D eigenvalue weighted by Crippen LogP contribution is 2.29. The molecule has 1 aromatic heterocycles. The van der Waals surface area contributed by atoms with Gasteiger partial charge in [-0.05, 0) is 75.5 Å². The smallest absolute Gasteiger partial charge is 0.227 e. The number of rotatable bonds is 2. The zero-order valence-corrected chi connectivity index (χ0v) is 15.2. The standard InChI is InChI=1S/C20H19N3OS/c1-13-12-20(2,3)22-19(25)23(13)15-10-8-14(9-11-15)18-21-16-6-4-5-7-17(16)24-18/h4-12H,1-3H3,(H,22,25). The van der Waals surface area contributed by atoms with Crippen LogP contribution >= 0.6 is 12.2 Å². The van der Waals surface area contributed by atoms with E-state index in [1.54, 1.807) is 0 Å². The second-order valence-electron chi connectivity index (χ2n) is 6.81. The Labute approximate surface area is 152 Å². The number of hydrogen-bond acceptors (Lipinski definition) is 3. The molecule has 0 aliphatic carbocycles. The van der Waals surface area contributed by atoms with Crippen LogP contribution in [0.2, 0.25) is 0 Å². The van der Waals surface area contributed by atoms with E-state index in [9.17, 15) is 0 Å². The Hall–Kier alpha value is -2.66. The summed E-state index contributed by atoms with van der Waals surface area (Å²) in [5.41, 5.74) is 4.60. The molecule has 2 heterocycles. The molecule has 0 unspecified atom stereocenters. The van der Waals surface area contributed by atoms with Crippen molar-refractivity contribution in [2.75, 3.05) is 4.90 Å². The first kappa shape index (κ1) is 15.8. The first-order valence-electron chi connectivity index (χ1n) is 8.21. The number of aromatic nitrogens is 1. The molecular formula is C20H19N3OS. The van der Waals surface area contributed by atoms with Gasteiger partial charge in [0.05, 0.1) is 5.54 Å². The van der Waals surface area contributed by atoms with Crippen LogP contribution in [-0.2, 0) is 0 Å². The molecular weight excluding hydrogens is 330 g/mol. The van der Waals surface area contributed by atoms with Crippen LogP contribution in [0.4, 0.5) is 5.69 Å². The summed E-state index contributed by atoms with van der Waals surface area (Å²) >= 11 is 5.55. The molecule has 0 atom stereocenters. The van der Waals surface area contributed by atoms with Gasteiger partial charge in [-0.3, -0.25) is 4.90 Å². The van der Waals surface area contributed by atoms with Gasteiger partial charge in [0.25, 0.3) is 0 Å². The first-order valence-corrected chi connectivity index (χ1v) is 8.61. The van der Waals surface area contributed by atoms with Gasteiger partial charge in [0, 0.05) is 16.9 Å². The first-order chi connectivity index (χ1) is 11.9. The third kappa shape index (κ3) is 2.91. The number of anilines is 1. The van der Waals surface area contributed by atoms with Crippen molar-refractivity contribution < 1.29 is 4.42 Å². The van der Waals surface area contributed by atoms with E-state index in [2.05, 4.69) is 37.1 Å². The number of para-hydroxylation sites is 2. The van der Waals surface area contributed by atoms with E-state index in [1.807, 2.05) is 53.4 Å². The summed E-state index contributed by atoms with van der Waals surface area (Å²) in [5, 5.41) is 4.06. The van der Waals surface area contributed by atoms with Gasteiger partial charge in [-0.2, -0.15) is 0 Å². The molecule has 0 radical (unpaired) electrons. The minimum Gasteiger partial charge on any atom is -0.436 e. The number of nitrogens with one attached hydrogen (secondary N) is 1. The van der Waals surface area contributed by atoms with Gasteiger partial charge in [-0.25, -0.2) is 4.98 Å². The molecule has 0 fully saturated rings. The summed E-state index contributed by atoms with van der Waals surface area (Å²) < 4.78 is 5.83. The molecule has 126 valence electrons. The van der Waals surface area contributed by atoms with Crippen molar-refractivity contribution in [1.82, 2.24) is 10.3 Å². The van der Waals surface area contributed by atoms with Crippen molar-refractivity contribution in [3.05, 3.63) is 60.3 Å². The molecule has 4 rings (SSSR count). The molecule has 5 heteroatoms. The molecule has 3 aromatic rings. The van der Waals surface area contributed by atoms with Crippen molar-refractivity contribution in [2.24, 2.45) is 0 Å². The number of hydrogen-bond donors (Lipinski definition) is 1.